The maximum Gasteiger partial charge on any atom is 0.351 e. The fourth-order valence-corrected chi connectivity index (χ4v) is 2.53. The Morgan fingerprint density at radius 1 is 1.17 bits per heavy atom. The molecule has 3 rings (SSSR count). The number of carbonyl (C=O) groups excluding carboxylic acids is 1. The average molecular weight is 310 g/mol. The van der Waals surface area contributed by atoms with Crippen LogP contribution < -0.4 is 0 Å². The van der Waals surface area contributed by atoms with Crippen molar-refractivity contribution >= 4 is 17.5 Å². The lowest BCUT2D eigenvalue weighted by molar-refractivity contribution is -0.163. The number of pyridine rings is 1. The van der Waals surface area contributed by atoms with E-state index in [1.165, 1.54) is 13.3 Å². The van der Waals surface area contributed by atoms with Gasteiger partial charge in [-0.1, -0.05) is 36.4 Å². The Bertz CT molecular complexity index is 871. The highest BCUT2D eigenvalue weighted by atomic mass is 16.6. The molecule has 3 aromatic rings. The van der Waals surface area contributed by atoms with Crippen molar-refractivity contribution in [3.05, 3.63) is 60.7 Å². The normalized spacial score (nSPS) is 12.0. The van der Waals surface area contributed by atoms with E-state index in [0.717, 1.165) is 11.1 Å². The molecule has 2 aromatic heterocycles. The van der Waals surface area contributed by atoms with E-state index >= 15 is 0 Å². The second-order valence-corrected chi connectivity index (χ2v) is 5.01. The van der Waals surface area contributed by atoms with Gasteiger partial charge in [-0.05, 0) is 11.6 Å². The van der Waals surface area contributed by atoms with E-state index in [2.05, 4.69) is 4.98 Å². The van der Waals surface area contributed by atoms with Crippen LogP contribution in [0.3, 0.4) is 0 Å². The Balaban J connectivity index is 2.28. The van der Waals surface area contributed by atoms with Gasteiger partial charge in [0.25, 0.3) is 0 Å². The third kappa shape index (κ3) is 2.78. The molecular weight excluding hydrogens is 296 g/mol. The van der Waals surface area contributed by atoms with Crippen molar-refractivity contribution in [2.45, 2.75) is 13.0 Å². The van der Waals surface area contributed by atoms with Gasteiger partial charge in [0.2, 0.25) is 6.10 Å². The molecule has 0 radical (unpaired) electrons. The summed E-state index contributed by atoms with van der Waals surface area (Å²) in [5.74, 6) is -1.90. The maximum absolute atomic E-state index is 11.7. The van der Waals surface area contributed by atoms with Crippen molar-refractivity contribution in [3.8, 4) is 11.1 Å². The molecule has 1 N–H and O–H groups in total. The van der Waals surface area contributed by atoms with Gasteiger partial charge in [-0.15, -0.1) is 0 Å². The largest absolute Gasteiger partial charge is 0.478 e. The van der Waals surface area contributed by atoms with Crippen LogP contribution in [0.15, 0.2) is 55.0 Å². The summed E-state index contributed by atoms with van der Waals surface area (Å²) >= 11 is 0. The van der Waals surface area contributed by atoms with Crippen LogP contribution >= 0.6 is 0 Å². The van der Waals surface area contributed by atoms with Crippen molar-refractivity contribution < 1.29 is 19.4 Å². The molecule has 116 valence electrons. The van der Waals surface area contributed by atoms with Crippen molar-refractivity contribution in [1.29, 1.82) is 0 Å². The first-order valence-electron chi connectivity index (χ1n) is 6.98. The Kier molecular flexibility index (Phi) is 3.80. The first kappa shape index (κ1) is 14.8. The van der Waals surface area contributed by atoms with Crippen LogP contribution in [0.25, 0.3) is 16.6 Å². The van der Waals surface area contributed by atoms with Crippen molar-refractivity contribution in [2.24, 2.45) is 0 Å². The summed E-state index contributed by atoms with van der Waals surface area (Å²) < 4.78 is 6.68. The Morgan fingerprint density at radius 2 is 1.91 bits per heavy atom. The molecule has 0 aliphatic carbocycles. The topological polar surface area (TPSA) is 80.9 Å². The summed E-state index contributed by atoms with van der Waals surface area (Å²) in [5.41, 5.74) is 2.58. The van der Waals surface area contributed by atoms with Gasteiger partial charge in [-0.25, -0.2) is 9.78 Å². The Labute approximate surface area is 132 Å². The first-order valence-corrected chi connectivity index (χ1v) is 6.98. The van der Waals surface area contributed by atoms with Crippen LogP contribution in [-0.2, 0) is 14.3 Å². The van der Waals surface area contributed by atoms with E-state index in [-0.39, 0.29) is 0 Å². The van der Waals surface area contributed by atoms with Gasteiger partial charge >= 0.3 is 11.9 Å². The van der Waals surface area contributed by atoms with Crippen molar-refractivity contribution in [1.82, 2.24) is 9.38 Å². The highest BCUT2D eigenvalue weighted by Gasteiger charge is 2.29. The molecule has 1 aromatic carbocycles. The number of carboxylic acids is 1. The van der Waals surface area contributed by atoms with Crippen LogP contribution in [0.2, 0.25) is 0 Å². The molecule has 1 atom stereocenters. The second-order valence-electron chi connectivity index (χ2n) is 5.01. The predicted octanol–water partition coefficient (Wildman–Crippen LogP) is 2.69. The zero-order valence-corrected chi connectivity index (χ0v) is 12.3. The lowest BCUT2D eigenvalue weighted by atomic mass is 10.0. The van der Waals surface area contributed by atoms with E-state index in [0.29, 0.717) is 11.3 Å². The van der Waals surface area contributed by atoms with Gasteiger partial charge in [0, 0.05) is 12.5 Å². The molecule has 0 amide bonds. The third-order valence-electron chi connectivity index (χ3n) is 3.46. The number of rotatable bonds is 4. The molecule has 6 nitrogen and oxygen atoms in total. The molecule has 0 aliphatic heterocycles. The summed E-state index contributed by atoms with van der Waals surface area (Å²) in [6.07, 6.45) is 1.71. The zero-order chi connectivity index (χ0) is 16.4. The van der Waals surface area contributed by atoms with E-state index in [4.69, 9.17) is 4.74 Å². The average Bonchev–Trinajstić information content (AvgIpc) is 3.01. The van der Waals surface area contributed by atoms with E-state index in [9.17, 15) is 14.7 Å². The number of hydrogen-bond donors (Lipinski definition) is 1. The van der Waals surface area contributed by atoms with Crippen LogP contribution in [-0.4, -0.2) is 26.4 Å². The summed E-state index contributed by atoms with van der Waals surface area (Å²) in [7, 11) is 0. The summed E-state index contributed by atoms with van der Waals surface area (Å²) in [5, 5.41) is 9.53. The summed E-state index contributed by atoms with van der Waals surface area (Å²) in [6.45, 7) is 1.19. The molecule has 0 saturated carbocycles. The number of aromatic nitrogens is 2. The standard InChI is InChI=1S/C17H14N2O4/c1-11(20)23-16(17(21)22)15-14(12-5-3-2-4-6-12)8-7-13-9-18-10-19(13)15/h2-10,16H,1H3,(H,21,22). The fraction of sp³-hybridized carbons (Fsp3) is 0.118. The van der Waals surface area contributed by atoms with E-state index in [1.54, 1.807) is 16.7 Å². The number of carboxylic acid groups (broad SMARTS) is 1. The number of fused-ring (bicyclic) bond motifs is 1. The van der Waals surface area contributed by atoms with Crippen molar-refractivity contribution in [3.63, 3.8) is 0 Å². The SMILES string of the molecule is CC(=O)OC(C(=O)O)c1c(-c2ccccc2)ccc2cncn12. The maximum atomic E-state index is 11.7. The van der Waals surface area contributed by atoms with Gasteiger partial charge in [0.1, 0.15) is 0 Å². The van der Waals surface area contributed by atoms with Gasteiger partial charge in [0.05, 0.1) is 23.7 Å². The number of carbonyl (C=O) groups is 2. The predicted molar refractivity (Wildman–Crippen MR) is 82.8 cm³/mol. The fourth-order valence-electron chi connectivity index (χ4n) is 2.53. The van der Waals surface area contributed by atoms with Gasteiger partial charge in [-0.2, -0.15) is 0 Å². The molecule has 0 bridgehead atoms. The third-order valence-corrected chi connectivity index (χ3v) is 3.46. The lowest BCUT2D eigenvalue weighted by Crippen LogP contribution is -2.21. The van der Waals surface area contributed by atoms with Crippen LogP contribution in [0.1, 0.15) is 18.7 Å². The summed E-state index contributed by atoms with van der Waals surface area (Å²) in [4.78, 5) is 27.1. The second kappa shape index (κ2) is 5.92. The molecule has 0 fully saturated rings. The summed E-state index contributed by atoms with van der Waals surface area (Å²) in [6, 6.07) is 13.0. The highest BCUT2D eigenvalue weighted by molar-refractivity contribution is 5.82. The zero-order valence-electron chi connectivity index (χ0n) is 12.3. The van der Waals surface area contributed by atoms with Crippen LogP contribution in [0, 0.1) is 0 Å². The van der Waals surface area contributed by atoms with Gasteiger partial charge in [-0.3, -0.25) is 9.20 Å². The minimum absolute atomic E-state index is 0.355. The van der Waals surface area contributed by atoms with Crippen LogP contribution in [0.5, 0.6) is 0 Å². The monoisotopic (exact) mass is 310 g/mol. The number of ether oxygens (including phenoxy) is 1. The molecule has 6 heteroatoms. The first-order chi connectivity index (χ1) is 11.1. The smallest absolute Gasteiger partial charge is 0.351 e. The lowest BCUT2D eigenvalue weighted by Gasteiger charge is -2.19. The number of aliphatic carboxylic acids is 1. The minimum Gasteiger partial charge on any atom is -0.478 e. The van der Waals surface area contributed by atoms with Gasteiger partial charge < -0.3 is 9.84 Å². The van der Waals surface area contributed by atoms with Gasteiger partial charge in [0.15, 0.2) is 0 Å². The molecule has 1 unspecified atom stereocenters. The molecule has 2 heterocycles. The quantitative estimate of drug-likeness (QED) is 0.749. The van der Waals surface area contributed by atoms with E-state index < -0.39 is 18.0 Å². The highest BCUT2D eigenvalue weighted by Crippen LogP contribution is 2.31. The molecule has 0 spiro atoms. The minimum atomic E-state index is -1.42. The molecule has 23 heavy (non-hydrogen) atoms. The molecule has 0 aliphatic rings. The number of benzene rings is 1. The Hall–Kier alpha value is -3.15. The number of esters is 1. The Morgan fingerprint density at radius 3 is 2.57 bits per heavy atom. The van der Waals surface area contributed by atoms with Crippen molar-refractivity contribution in [2.75, 3.05) is 0 Å². The molecule has 0 saturated heterocycles. The number of nitrogens with zero attached hydrogens (tertiary/aromatic N) is 2. The molecular formula is C17H14N2O4. The number of imidazole rings is 1. The van der Waals surface area contributed by atoms with E-state index in [1.807, 2.05) is 36.4 Å². The van der Waals surface area contributed by atoms with Crippen LogP contribution in [0.4, 0.5) is 0 Å². The number of hydrogen-bond acceptors (Lipinski definition) is 4.